The Morgan fingerprint density at radius 2 is 2.12 bits per heavy atom. The molecule has 1 aromatic heterocycles. The highest BCUT2D eigenvalue weighted by atomic mass is 32.2. The topological polar surface area (TPSA) is 84.5 Å². The fourth-order valence-electron chi connectivity index (χ4n) is 0.999. The van der Waals surface area contributed by atoms with Crippen molar-refractivity contribution in [1.82, 2.24) is 4.72 Å². The molecule has 0 aliphatic heterocycles. The van der Waals surface area contributed by atoms with Crippen LogP contribution in [0.5, 0.6) is 0 Å². The zero-order chi connectivity index (χ0) is 12.3. The smallest absolute Gasteiger partial charge is 0.350 e. The molecule has 0 bridgehead atoms. The Kier molecular flexibility index (Phi) is 3.89. The number of ether oxygens (including phenoxy) is 1. The quantitative estimate of drug-likeness (QED) is 0.785. The van der Waals surface area contributed by atoms with Crippen LogP contribution in [0, 0.1) is 6.92 Å². The second kappa shape index (κ2) is 4.81. The lowest BCUT2D eigenvalue weighted by molar-refractivity contribution is 0.0607. The molecule has 0 saturated carbocycles. The lowest BCUT2D eigenvalue weighted by Crippen LogP contribution is -2.27. The summed E-state index contributed by atoms with van der Waals surface area (Å²) >= 11 is 1.13. The van der Waals surface area contributed by atoms with Crippen molar-refractivity contribution in [2.45, 2.75) is 6.92 Å². The van der Waals surface area contributed by atoms with E-state index >= 15 is 0 Å². The molecule has 0 atom stereocenters. The summed E-state index contributed by atoms with van der Waals surface area (Å²) in [5.74, 6) is -0.563. The highest BCUT2D eigenvalue weighted by Gasteiger charge is 2.20. The minimum Gasteiger partial charge on any atom is -0.465 e. The van der Waals surface area contributed by atoms with Crippen molar-refractivity contribution in [3.63, 3.8) is 0 Å². The number of anilines is 1. The van der Waals surface area contributed by atoms with Crippen molar-refractivity contribution in [1.29, 1.82) is 0 Å². The van der Waals surface area contributed by atoms with Crippen LogP contribution in [0.4, 0.5) is 5.69 Å². The molecule has 0 aromatic carbocycles. The van der Waals surface area contributed by atoms with Gasteiger partial charge in [-0.1, -0.05) is 0 Å². The number of methoxy groups -OCH3 is 1. The Bertz CT molecular complexity index is 492. The van der Waals surface area contributed by atoms with Gasteiger partial charge in [-0.15, -0.1) is 11.3 Å². The number of rotatable bonds is 4. The molecule has 0 aliphatic carbocycles. The zero-order valence-electron chi connectivity index (χ0n) is 9.03. The number of esters is 1. The molecule has 0 aliphatic rings. The van der Waals surface area contributed by atoms with Crippen LogP contribution in [0.2, 0.25) is 0 Å². The summed E-state index contributed by atoms with van der Waals surface area (Å²) in [7, 11) is -1.11. The summed E-state index contributed by atoms with van der Waals surface area (Å²) in [5, 5.41) is 1.68. The molecule has 90 valence electrons. The Morgan fingerprint density at radius 1 is 1.50 bits per heavy atom. The molecule has 16 heavy (non-hydrogen) atoms. The number of carbonyl (C=O) groups is 1. The molecule has 6 nitrogen and oxygen atoms in total. The van der Waals surface area contributed by atoms with Crippen molar-refractivity contribution in [3.8, 4) is 0 Å². The number of aryl methyl sites for hydroxylation is 1. The van der Waals surface area contributed by atoms with E-state index in [2.05, 4.69) is 14.2 Å². The monoisotopic (exact) mass is 264 g/mol. The van der Waals surface area contributed by atoms with E-state index in [1.54, 1.807) is 12.3 Å². The van der Waals surface area contributed by atoms with Crippen molar-refractivity contribution < 1.29 is 17.9 Å². The molecule has 0 unspecified atom stereocenters. The highest BCUT2D eigenvalue weighted by molar-refractivity contribution is 7.90. The van der Waals surface area contributed by atoms with Crippen molar-refractivity contribution in [3.05, 3.63) is 15.8 Å². The fraction of sp³-hybridized carbons (Fsp3) is 0.375. The van der Waals surface area contributed by atoms with Gasteiger partial charge in [0.1, 0.15) is 4.88 Å². The van der Waals surface area contributed by atoms with E-state index in [-0.39, 0.29) is 10.6 Å². The van der Waals surface area contributed by atoms with Crippen LogP contribution >= 0.6 is 11.3 Å². The molecule has 0 amide bonds. The largest absolute Gasteiger partial charge is 0.465 e. The summed E-state index contributed by atoms with van der Waals surface area (Å²) in [6.07, 6.45) is 0. The van der Waals surface area contributed by atoms with Crippen LogP contribution < -0.4 is 9.44 Å². The van der Waals surface area contributed by atoms with Crippen LogP contribution in [0.1, 0.15) is 15.2 Å². The van der Waals surface area contributed by atoms with Crippen LogP contribution in [0.25, 0.3) is 0 Å². The Labute approximate surface area is 97.8 Å². The Morgan fingerprint density at radius 3 is 2.62 bits per heavy atom. The molecule has 1 rings (SSSR count). The van der Waals surface area contributed by atoms with Gasteiger partial charge in [0.25, 0.3) is 10.2 Å². The van der Waals surface area contributed by atoms with Crippen LogP contribution in [0.15, 0.2) is 5.38 Å². The van der Waals surface area contributed by atoms with E-state index in [1.807, 2.05) is 0 Å². The van der Waals surface area contributed by atoms with Gasteiger partial charge in [0, 0.05) is 7.05 Å². The van der Waals surface area contributed by atoms with E-state index in [4.69, 9.17) is 0 Å². The maximum Gasteiger partial charge on any atom is 0.350 e. The fourth-order valence-corrected chi connectivity index (χ4v) is 2.62. The van der Waals surface area contributed by atoms with Crippen LogP contribution in [-0.2, 0) is 14.9 Å². The van der Waals surface area contributed by atoms with Gasteiger partial charge < -0.3 is 4.74 Å². The van der Waals surface area contributed by atoms with Crippen molar-refractivity contribution in [2.75, 3.05) is 18.9 Å². The van der Waals surface area contributed by atoms with E-state index < -0.39 is 16.2 Å². The number of nitrogens with one attached hydrogen (secondary N) is 2. The molecule has 0 saturated heterocycles. The number of hydrogen-bond acceptors (Lipinski definition) is 5. The normalized spacial score (nSPS) is 11.2. The average molecular weight is 264 g/mol. The van der Waals surface area contributed by atoms with Gasteiger partial charge >= 0.3 is 5.97 Å². The van der Waals surface area contributed by atoms with E-state index in [0.717, 1.165) is 11.3 Å². The van der Waals surface area contributed by atoms with Crippen molar-refractivity contribution in [2.24, 2.45) is 0 Å². The third kappa shape index (κ3) is 2.71. The number of carbonyl (C=O) groups excluding carboxylic acids is 1. The summed E-state index contributed by atoms with van der Waals surface area (Å²) in [5.41, 5.74) is 0.926. The van der Waals surface area contributed by atoms with E-state index in [9.17, 15) is 13.2 Å². The molecule has 2 N–H and O–H groups in total. The van der Waals surface area contributed by atoms with Gasteiger partial charge in [-0.3, -0.25) is 4.72 Å². The van der Waals surface area contributed by atoms with E-state index in [1.165, 1.54) is 14.2 Å². The molecule has 0 fully saturated rings. The molecular weight excluding hydrogens is 252 g/mol. The molecule has 1 heterocycles. The number of thiophene rings is 1. The first-order valence-corrected chi connectivity index (χ1v) is 6.65. The maximum absolute atomic E-state index is 11.4. The standard InChI is InChI=1S/C8H12N2O4S2/c1-5-4-15-7(8(11)14-3)6(5)10-16(12,13)9-2/h4,9-10H,1-3H3. The Balaban J connectivity index is 3.13. The summed E-state index contributed by atoms with van der Waals surface area (Å²) < 4.78 is 31.6. The van der Waals surface area contributed by atoms with Gasteiger partial charge in [0.05, 0.1) is 12.8 Å². The summed E-state index contributed by atoms with van der Waals surface area (Å²) in [4.78, 5) is 11.6. The first-order valence-electron chi connectivity index (χ1n) is 4.29. The number of hydrogen-bond donors (Lipinski definition) is 2. The predicted octanol–water partition coefficient (Wildman–Crippen LogP) is 0.719. The molecular formula is C8H12N2O4S2. The maximum atomic E-state index is 11.4. The van der Waals surface area contributed by atoms with Crippen LogP contribution in [0.3, 0.4) is 0 Å². The van der Waals surface area contributed by atoms with Crippen LogP contribution in [-0.4, -0.2) is 28.5 Å². The Hall–Kier alpha value is -1.12. The van der Waals surface area contributed by atoms with E-state index in [0.29, 0.717) is 5.56 Å². The van der Waals surface area contributed by atoms with Gasteiger partial charge in [0.2, 0.25) is 0 Å². The average Bonchev–Trinajstić information content (AvgIpc) is 2.59. The minimum atomic E-state index is -3.63. The summed E-state index contributed by atoms with van der Waals surface area (Å²) in [6.45, 7) is 1.70. The first kappa shape index (κ1) is 12.9. The molecule has 0 spiro atoms. The van der Waals surface area contributed by atoms with Gasteiger partial charge in [-0.2, -0.15) is 8.42 Å². The SMILES string of the molecule is CNS(=O)(=O)Nc1c(C)csc1C(=O)OC. The molecule has 0 radical (unpaired) electrons. The van der Waals surface area contributed by atoms with Crippen molar-refractivity contribution >= 4 is 33.2 Å². The van der Waals surface area contributed by atoms with Gasteiger partial charge in [-0.05, 0) is 17.9 Å². The second-order valence-corrected chi connectivity index (χ2v) is 5.42. The lowest BCUT2D eigenvalue weighted by Gasteiger charge is -2.07. The lowest BCUT2D eigenvalue weighted by atomic mass is 10.3. The highest BCUT2D eigenvalue weighted by Crippen LogP contribution is 2.28. The molecule has 8 heteroatoms. The zero-order valence-corrected chi connectivity index (χ0v) is 10.7. The third-order valence-electron chi connectivity index (χ3n) is 1.85. The third-order valence-corrected chi connectivity index (χ3v) is 3.94. The second-order valence-electron chi connectivity index (χ2n) is 2.92. The minimum absolute atomic E-state index is 0.235. The predicted molar refractivity (Wildman–Crippen MR) is 62.0 cm³/mol. The van der Waals surface area contributed by atoms with Gasteiger partial charge in [-0.25, -0.2) is 9.52 Å². The van der Waals surface area contributed by atoms with Gasteiger partial charge in [0.15, 0.2) is 0 Å². The summed E-state index contributed by atoms with van der Waals surface area (Å²) in [6, 6.07) is 0. The first-order chi connectivity index (χ1) is 7.41. The molecule has 1 aromatic rings.